The lowest BCUT2D eigenvalue weighted by molar-refractivity contribution is -0.118. The monoisotopic (exact) mass is 592 g/mol. The number of benzene rings is 3. The number of carboxylic acids is 1. The van der Waals surface area contributed by atoms with Crippen LogP contribution in [-0.2, 0) is 11.3 Å². The molecule has 0 saturated heterocycles. The molecule has 0 heterocycles. The molecule has 0 spiro atoms. The van der Waals surface area contributed by atoms with Gasteiger partial charge in [0.1, 0.15) is 4.90 Å². The number of halogens is 5. The van der Waals surface area contributed by atoms with Crippen LogP contribution in [0.4, 0.5) is 27.6 Å². The molecule has 0 bridgehead atoms. The van der Waals surface area contributed by atoms with Crippen molar-refractivity contribution in [3.8, 4) is 0 Å². The molecule has 0 unspecified atom stereocenters. The summed E-state index contributed by atoms with van der Waals surface area (Å²) in [5.74, 6) is -11.5. The lowest BCUT2D eigenvalue weighted by Gasteiger charge is -2.27. The van der Waals surface area contributed by atoms with E-state index in [1.165, 1.54) is 55.0 Å². The van der Waals surface area contributed by atoms with Crippen molar-refractivity contribution in [2.75, 3.05) is 18.5 Å². The standard InChI is InChI=1S/C30H29F5N2O3S/c1-17-14-21(30(39)40)12-13-22(17)37(15-18-8-10-20(11-9-18)19-6-4-3-5-7-19)23(38)16-36(2)41-29-27(34)25(32)24(31)26(33)28(29)35/h8-14,19H,3-7,15-16H2,1-2H3,(H,39,40). The van der Waals surface area contributed by atoms with E-state index in [2.05, 4.69) is 0 Å². The van der Waals surface area contributed by atoms with Gasteiger partial charge in [-0.2, -0.15) is 0 Å². The first-order valence-corrected chi connectivity index (χ1v) is 13.9. The van der Waals surface area contributed by atoms with Gasteiger partial charge in [-0.25, -0.2) is 31.1 Å². The van der Waals surface area contributed by atoms with E-state index in [4.69, 9.17) is 0 Å². The van der Waals surface area contributed by atoms with Gasteiger partial charge in [0, 0.05) is 5.69 Å². The largest absolute Gasteiger partial charge is 0.478 e. The van der Waals surface area contributed by atoms with Crippen molar-refractivity contribution in [1.29, 1.82) is 0 Å². The van der Waals surface area contributed by atoms with E-state index in [0.29, 0.717) is 17.2 Å². The van der Waals surface area contributed by atoms with Crippen molar-refractivity contribution in [3.63, 3.8) is 0 Å². The van der Waals surface area contributed by atoms with Crippen molar-refractivity contribution in [3.05, 3.63) is 93.8 Å². The first kappa shape index (κ1) is 30.5. The van der Waals surface area contributed by atoms with Gasteiger partial charge >= 0.3 is 5.97 Å². The predicted molar refractivity (Wildman–Crippen MR) is 146 cm³/mol. The first-order chi connectivity index (χ1) is 19.5. The maximum atomic E-state index is 14.2. The highest BCUT2D eigenvalue weighted by molar-refractivity contribution is 7.97. The van der Waals surface area contributed by atoms with Crippen LogP contribution < -0.4 is 4.90 Å². The number of likely N-dealkylation sites (N-methyl/N-ethyl adjacent to an activating group) is 1. The number of amides is 1. The Labute approximate surface area is 239 Å². The Morgan fingerprint density at radius 3 is 2.02 bits per heavy atom. The molecule has 1 aliphatic rings. The molecule has 1 saturated carbocycles. The molecule has 41 heavy (non-hydrogen) atoms. The number of hydrogen-bond donors (Lipinski definition) is 1. The van der Waals surface area contributed by atoms with Crippen LogP contribution in [0.3, 0.4) is 0 Å². The highest BCUT2D eigenvalue weighted by atomic mass is 32.2. The van der Waals surface area contributed by atoms with Gasteiger partial charge in [0.05, 0.1) is 18.7 Å². The molecule has 1 N–H and O–H groups in total. The fourth-order valence-corrected chi connectivity index (χ4v) is 5.87. The topological polar surface area (TPSA) is 60.9 Å². The average molecular weight is 593 g/mol. The molecular formula is C30H29F5N2O3S. The lowest BCUT2D eigenvalue weighted by atomic mass is 9.84. The van der Waals surface area contributed by atoms with Crippen LogP contribution in [0.25, 0.3) is 0 Å². The van der Waals surface area contributed by atoms with Gasteiger partial charge < -0.3 is 10.0 Å². The fraction of sp³-hybridized carbons (Fsp3) is 0.333. The third-order valence-electron chi connectivity index (χ3n) is 7.21. The van der Waals surface area contributed by atoms with Crippen molar-refractivity contribution < 1.29 is 36.6 Å². The molecule has 1 aliphatic carbocycles. The highest BCUT2D eigenvalue weighted by Gasteiger charge is 2.28. The molecule has 0 radical (unpaired) electrons. The second-order valence-electron chi connectivity index (χ2n) is 10.1. The van der Waals surface area contributed by atoms with Gasteiger partial charge in [0.15, 0.2) is 23.3 Å². The van der Waals surface area contributed by atoms with E-state index in [1.807, 2.05) is 24.3 Å². The Hall–Kier alpha value is -3.44. The number of aryl methyl sites for hydroxylation is 1. The lowest BCUT2D eigenvalue weighted by Crippen LogP contribution is -2.37. The summed E-state index contributed by atoms with van der Waals surface area (Å²) < 4.78 is 70.3. The minimum absolute atomic E-state index is 0.0365. The van der Waals surface area contributed by atoms with E-state index in [-0.39, 0.29) is 24.1 Å². The van der Waals surface area contributed by atoms with Crippen molar-refractivity contribution >= 4 is 29.5 Å². The summed E-state index contributed by atoms with van der Waals surface area (Å²) in [5, 5.41) is 9.35. The molecular weight excluding hydrogens is 563 g/mol. The number of hydrogen-bond acceptors (Lipinski definition) is 4. The molecule has 5 nitrogen and oxygen atoms in total. The van der Waals surface area contributed by atoms with Crippen LogP contribution in [0.5, 0.6) is 0 Å². The van der Waals surface area contributed by atoms with E-state index >= 15 is 0 Å². The summed E-state index contributed by atoms with van der Waals surface area (Å²) in [6.45, 7) is 1.31. The number of anilines is 1. The number of rotatable bonds is 9. The Bertz CT molecular complexity index is 1420. The van der Waals surface area contributed by atoms with Gasteiger partial charge in [0.2, 0.25) is 11.7 Å². The van der Waals surface area contributed by atoms with E-state index < -0.39 is 52.4 Å². The predicted octanol–water partition coefficient (Wildman–Crippen LogP) is 7.61. The van der Waals surface area contributed by atoms with E-state index in [1.54, 1.807) is 6.92 Å². The third-order valence-corrected chi connectivity index (χ3v) is 8.19. The molecule has 11 heteroatoms. The second kappa shape index (κ2) is 13.0. The molecule has 0 atom stereocenters. The molecule has 4 rings (SSSR count). The summed E-state index contributed by atoms with van der Waals surface area (Å²) in [4.78, 5) is 25.3. The first-order valence-electron chi connectivity index (χ1n) is 13.1. The summed E-state index contributed by atoms with van der Waals surface area (Å²) in [6.07, 6.45) is 5.88. The quantitative estimate of drug-likeness (QED) is 0.120. The molecule has 3 aromatic rings. The average Bonchev–Trinajstić information content (AvgIpc) is 2.97. The smallest absolute Gasteiger partial charge is 0.335 e. The van der Waals surface area contributed by atoms with Crippen molar-refractivity contribution in [2.24, 2.45) is 0 Å². The van der Waals surface area contributed by atoms with Gasteiger partial charge in [-0.05, 0) is 79.6 Å². The third kappa shape index (κ3) is 6.90. The molecule has 218 valence electrons. The van der Waals surface area contributed by atoms with Gasteiger partial charge in [-0.1, -0.05) is 43.5 Å². The number of carbonyl (C=O) groups is 2. The maximum Gasteiger partial charge on any atom is 0.335 e. The van der Waals surface area contributed by atoms with E-state index in [9.17, 15) is 36.6 Å². The zero-order valence-electron chi connectivity index (χ0n) is 22.5. The minimum atomic E-state index is -2.26. The Kier molecular flexibility index (Phi) is 9.70. The van der Waals surface area contributed by atoms with Gasteiger partial charge in [0.25, 0.3) is 0 Å². The van der Waals surface area contributed by atoms with Gasteiger partial charge in [-0.15, -0.1) is 0 Å². The van der Waals surface area contributed by atoms with Crippen LogP contribution in [-0.4, -0.2) is 34.9 Å². The van der Waals surface area contributed by atoms with Gasteiger partial charge in [-0.3, -0.25) is 4.79 Å². The molecule has 3 aromatic carbocycles. The maximum absolute atomic E-state index is 14.2. The molecule has 1 fully saturated rings. The fourth-order valence-electron chi connectivity index (χ4n) is 5.04. The second-order valence-corrected chi connectivity index (χ2v) is 11.4. The summed E-state index contributed by atoms with van der Waals surface area (Å²) >= 11 is 0.221. The Balaban J connectivity index is 1.59. The number of aromatic carboxylic acids is 1. The van der Waals surface area contributed by atoms with Crippen molar-refractivity contribution in [2.45, 2.75) is 56.4 Å². The number of carboxylic acid groups (broad SMARTS) is 1. The zero-order chi connectivity index (χ0) is 29.8. The Morgan fingerprint density at radius 2 is 1.46 bits per heavy atom. The van der Waals surface area contributed by atoms with Crippen LogP contribution in [0.15, 0.2) is 47.4 Å². The summed E-state index contributed by atoms with van der Waals surface area (Å²) in [7, 11) is 1.29. The highest BCUT2D eigenvalue weighted by Crippen LogP contribution is 2.34. The Morgan fingerprint density at radius 1 is 0.878 bits per heavy atom. The van der Waals surface area contributed by atoms with Crippen molar-refractivity contribution in [1.82, 2.24) is 4.31 Å². The van der Waals surface area contributed by atoms with Crippen LogP contribution in [0.1, 0.15) is 65.1 Å². The zero-order valence-corrected chi connectivity index (χ0v) is 23.3. The summed E-state index contributed by atoms with van der Waals surface area (Å²) in [6, 6.07) is 12.2. The van der Waals surface area contributed by atoms with Crippen LogP contribution >= 0.6 is 11.9 Å². The molecule has 0 aliphatic heterocycles. The molecule has 1 amide bonds. The summed E-state index contributed by atoms with van der Waals surface area (Å²) in [5.41, 5.74) is 2.99. The number of carbonyl (C=O) groups excluding carboxylic acids is 1. The minimum Gasteiger partial charge on any atom is -0.478 e. The van der Waals surface area contributed by atoms with Crippen LogP contribution in [0.2, 0.25) is 0 Å². The normalized spacial score (nSPS) is 14.0. The van der Waals surface area contributed by atoms with Crippen LogP contribution in [0, 0.1) is 36.0 Å². The number of nitrogens with zero attached hydrogens (tertiary/aromatic N) is 2. The van der Waals surface area contributed by atoms with E-state index in [0.717, 1.165) is 22.7 Å². The molecule has 0 aromatic heterocycles. The SMILES string of the molecule is Cc1cc(C(=O)O)ccc1N(Cc1ccc(C2CCCCC2)cc1)C(=O)CN(C)Sc1c(F)c(F)c(F)c(F)c1F.